The van der Waals surface area contributed by atoms with Gasteiger partial charge in [0.1, 0.15) is 0 Å². The van der Waals surface area contributed by atoms with E-state index in [-0.39, 0.29) is 12.0 Å². The Kier molecular flexibility index (Phi) is 4.15. The Bertz CT molecular complexity index is 364. The smallest absolute Gasteiger partial charge is 0.222 e. The fourth-order valence-corrected chi connectivity index (χ4v) is 2.21. The monoisotopic (exact) mass is 233 g/mol. The van der Waals surface area contributed by atoms with E-state index in [9.17, 15) is 9.90 Å². The lowest BCUT2D eigenvalue weighted by molar-refractivity contribution is -0.130. The number of nitrogens with zero attached hydrogens (tertiary/aromatic N) is 1. The Morgan fingerprint density at radius 1 is 1.35 bits per heavy atom. The van der Waals surface area contributed by atoms with E-state index in [1.807, 2.05) is 18.2 Å². The number of amides is 1. The number of benzene rings is 1. The zero-order chi connectivity index (χ0) is 12.1. The molecule has 1 aromatic rings. The third-order valence-corrected chi connectivity index (χ3v) is 3.22. The molecule has 1 aromatic carbocycles. The maximum atomic E-state index is 11.8. The molecule has 1 heterocycles. The number of aliphatic hydroxyl groups excluding tert-OH is 1. The van der Waals surface area contributed by atoms with Crippen LogP contribution in [0.3, 0.4) is 0 Å². The summed E-state index contributed by atoms with van der Waals surface area (Å²) in [5, 5.41) is 9.36. The van der Waals surface area contributed by atoms with Gasteiger partial charge in [-0.3, -0.25) is 4.79 Å². The molecule has 1 N–H and O–H groups in total. The molecule has 1 fully saturated rings. The van der Waals surface area contributed by atoms with Gasteiger partial charge >= 0.3 is 0 Å². The summed E-state index contributed by atoms with van der Waals surface area (Å²) in [6.07, 6.45) is 2.83. The van der Waals surface area contributed by atoms with E-state index in [1.54, 1.807) is 4.90 Å². The molecule has 1 amide bonds. The molecule has 0 spiro atoms. The minimum Gasteiger partial charge on any atom is -0.391 e. The SMILES string of the molecule is O=C(CCCc1ccccc1)N1CC[C@@H](O)C1. The molecule has 0 aromatic heterocycles. The summed E-state index contributed by atoms with van der Waals surface area (Å²) in [6, 6.07) is 10.2. The lowest BCUT2D eigenvalue weighted by Gasteiger charge is -2.15. The number of hydrogen-bond donors (Lipinski definition) is 1. The highest BCUT2D eigenvalue weighted by Crippen LogP contribution is 2.12. The fraction of sp³-hybridized carbons (Fsp3) is 0.500. The van der Waals surface area contributed by atoms with Gasteiger partial charge in [-0.1, -0.05) is 30.3 Å². The zero-order valence-corrected chi connectivity index (χ0v) is 10.0. The first-order valence-electron chi connectivity index (χ1n) is 6.25. The molecule has 1 atom stereocenters. The summed E-state index contributed by atoms with van der Waals surface area (Å²) in [5.74, 6) is 0.178. The van der Waals surface area contributed by atoms with Crippen LogP contribution < -0.4 is 0 Å². The Morgan fingerprint density at radius 2 is 2.12 bits per heavy atom. The number of likely N-dealkylation sites (tertiary alicyclic amines) is 1. The molecule has 3 nitrogen and oxygen atoms in total. The number of aryl methyl sites for hydroxylation is 1. The van der Waals surface area contributed by atoms with Crippen molar-refractivity contribution in [1.82, 2.24) is 4.90 Å². The van der Waals surface area contributed by atoms with E-state index in [0.29, 0.717) is 19.5 Å². The zero-order valence-electron chi connectivity index (χ0n) is 10.0. The predicted molar refractivity (Wildman–Crippen MR) is 66.6 cm³/mol. The second-order valence-electron chi connectivity index (χ2n) is 4.62. The number of rotatable bonds is 4. The molecule has 0 unspecified atom stereocenters. The Labute approximate surface area is 102 Å². The summed E-state index contributed by atoms with van der Waals surface area (Å²) in [4.78, 5) is 13.6. The molecule has 17 heavy (non-hydrogen) atoms. The summed E-state index contributed by atoms with van der Waals surface area (Å²) < 4.78 is 0. The Morgan fingerprint density at radius 3 is 2.76 bits per heavy atom. The standard InChI is InChI=1S/C14H19NO2/c16-13-9-10-15(11-13)14(17)8-4-7-12-5-2-1-3-6-12/h1-3,5-6,13,16H,4,7-11H2/t13-/m1/s1. The van der Waals surface area contributed by atoms with Crippen molar-refractivity contribution in [3.63, 3.8) is 0 Å². The normalized spacial score (nSPS) is 19.6. The van der Waals surface area contributed by atoms with Crippen molar-refractivity contribution >= 4 is 5.91 Å². The van der Waals surface area contributed by atoms with Crippen molar-refractivity contribution in [2.75, 3.05) is 13.1 Å². The highest BCUT2D eigenvalue weighted by atomic mass is 16.3. The van der Waals surface area contributed by atoms with Crippen LogP contribution >= 0.6 is 0 Å². The maximum Gasteiger partial charge on any atom is 0.222 e. The molecule has 0 saturated carbocycles. The van der Waals surface area contributed by atoms with Gasteiger partial charge in [0, 0.05) is 19.5 Å². The van der Waals surface area contributed by atoms with Crippen LogP contribution in [0.2, 0.25) is 0 Å². The van der Waals surface area contributed by atoms with Gasteiger partial charge < -0.3 is 10.0 Å². The van der Waals surface area contributed by atoms with E-state index in [0.717, 1.165) is 19.3 Å². The van der Waals surface area contributed by atoms with Gasteiger partial charge in [-0.05, 0) is 24.8 Å². The molecule has 92 valence electrons. The summed E-state index contributed by atoms with van der Waals surface area (Å²) >= 11 is 0. The first-order valence-corrected chi connectivity index (χ1v) is 6.25. The third kappa shape index (κ3) is 3.56. The fourth-order valence-electron chi connectivity index (χ4n) is 2.21. The summed E-state index contributed by atoms with van der Waals surface area (Å²) in [7, 11) is 0. The first-order chi connectivity index (χ1) is 8.25. The summed E-state index contributed by atoms with van der Waals surface area (Å²) in [5.41, 5.74) is 1.28. The number of hydrogen-bond acceptors (Lipinski definition) is 2. The minimum absolute atomic E-state index is 0.178. The Balaban J connectivity index is 1.70. The summed E-state index contributed by atoms with van der Waals surface area (Å²) in [6.45, 7) is 1.23. The quantitative estimate of drug-likeness (QED) is 0.858. The molecule has 1 saturated heterocycles. The molecule has 0 radical (unpaired) electrons. The van der Waals surface area contributed by atoms with E-state index < -0.39 is 0 Å². The van der Waals surface area contributed by atoms with Gasteiger partial charge in [0.05, 0.1) is 6.10 Å². The number of aliphatic hydroxyl groups is 1. The van der Waals surface area contributed by atoms with Gasteiger partial charge in [0.2, 0.25) is 5.91 Å². The molecule has 1 aliphatic rings. The molecular weight excluding hydrogens is 214 g/mol. The third-order valence-electron chi connectivity index (χ3n) is 3.22. The number of carbonyl (C=O) groups is 1. The van der Waals surface area contributed by atoms with E-state index >= 15 is 0 Å². The first kappa shape index (κ1) is 12.1. The van der Waals surface area contributed by atoms with Gasteiger partial charge in [-0.15, -0.1) is 0 Å². The average Bonchev–Trinajstić information content (AvgIpc) is 2.77. The average molecular weight is 233 g/mol. The van der Waals surface area contributed by atoms with Gasteiger partial charge in [0.15, 0.2) is 0 Å². The molecule has 2 rings (SSSR count). The van der Waals surface area contributed by atoms with Crippen LogP contribution in [-0.2, 0) is 11.2 Å². The second kappa shape index (κ2) is 5.82. The van der Waals surface area contributed by atoms with Gasteiger partial charge in [0.25, 0.3) is 0 Å². The molecule has 1 aliphatic heterocycles. The van der Waals surface area contributed by atoms with Crippen molar-refractivity contribution in [1.29, 1.82) is 0 Å². The van der Waals surface area contributed by atoms with Crippen LogP contribution in [0.4, 0.5) is 0 Å². The lowest BCUT2D eigenvalue weighted by atomic mass is 10.1. The van der Waals surface area contributed by atoms with Crippen molar-refractivity contribution < 1.29 is 9.90 Å². The topological polar surface area (TPSA) is 40.5 Å². The van der Waals surface area contributed by atoms with Crippen LogP contribution in [0.5, 0.6) is 0 Å². The molecule has 3 heteroatoms. The minimum atomic E-state index is -0.312. The highest BCUT2D eigenvalue weighted by molar-refractivity contribution is 5.76. The van der Waals surface area contributed by atoms with Crippen molar-refractivity contribution in [3.8, 4) is 0 Å². The predicted octanol–water partition coefficient (Wildman–Crippen LogP) is 1.60. The van der Waals surface area contributed by atoms with Crippen LogP contribution in [0.25, 0.3) is 0 Å². The second-order valence-corrected chi connectivity index (χ2v) is 4.62. The van der Waals surface area contributed by atoms with Gasteiger partial charge in [-0.25, -0.2) is 0 Å². The molecule has 0 aliphatic carbocycles. The van der Waals surface area contributed by atoms with Crippen molar-refractivity contribution in [3.05, 3.63) is 35.9 Å². The van der Waals surface area contributed by atoms with E-state index in [4.69, 9.17) is 0 Å². The maximum absolute atomic E-state index is 11.8. The largest absolute Gasteiger partial charge is 0.391 e. The van der Waals surface area contributed by atoms with E-state index in [2.05, 4.69) is 12.1 Å². The van der Waals surface area contributed by atoms with Crippen molar-refractivity contribution in [2.24, 2.45) is 0 Å². The number of carbonyl (C=O) groups excluding carboxylic acids is 1. The van der Waals surface area contributed by atoms with Crippen LogP contribution in [0.15, 0.2) is 30.3 Å². The number of β-amino-alcohol motifs (C(OH)–C–C–N with tert-alkyl or cyclic N) is 1. The van der Waals surface area contributed by atoms with Gasteiger partial charge in [-0.2, -0.15) is 0 Å². The van der Waals surface area contributed by atoms with Crippen LogP contribution in [0.1, 0.15) is 24.8 Å². The van der Waals surface area contributed by atoms with Crippen LogP contribution in [0, 0.1) is 0 Å². The Hall–Kier alpha value is -1.35. The highest BCUT2D eigenvalue weighted by Gasteiger charge is 2.23. The van der Waals surface area contributed by atoms with Crippen molar-refractivity contribution in [2.45, 2.75) is 31.8 Å². The van der Waals surface area contributed by atoms with E-state index in [1.165, 1.54) is 5.56 Å². The van der Waals surface area contributed by atoms with Crippen LogP contribution in [-0.4, -0.2) is 35.1 Å². The lowest BCUT2D eigenvalue weighted by Crippen LogP contribution is -2.29. The molecular formula is C14H19NO2. The molecule has 0 bridgehead atoms.